The molecule has 2 aromatic rings. The van der Waals surface area contributed by atoms with Crippen molar-refractivity contribution in [3.63, 3.8) is 0 Å². The zero-order valence-electron chi connectivity index (χ0n) is 13.3. The van der Waals surface area contributed by atoms with Crippen LogP contribution in [-0.4, -0.2) is 29.8 Å². The van der Waals surface area contributed by atoms with Gasteiger partial charge in [-0.05, 0) is 44.2 Å². The molecule has 0 radical (unpaired) electrons. The minimum absolute atomic E-state index is 0.0814. The molecule has 1 aromatic heterocycles. The SMILES string of the molecule is CCn1ncc(C(=O)C=Cc2cc(OC)ccc2OC)c1C. The standard InChI is InChI=1S/C17H20N2O3/c1-5-19-12(2)15(11-18-19)16(20)8-6-13-10-14(21-3)7-9-17(13)22-4/h6-11H,5H2,1-4H3. The summed E-state index contributed by atoms with van der Waals surface area (Å²) in [6.45, 7) is 4.63. The Hall–Kier alpha value is -2.56. The van der Waals surface area contributed by atoms with Crippen LogP contribution in [0.15, 0.2) is 30.5 Å². The van der Waals surface area contributed by atoms with Crippen LogP contribution in [0, 0.1) is 6.92 Å². The van der Waals surface area contributed by atoms with Crippen molar-refractivity contribution in [1.29, 1.82) is 0 Å². The van der Waals surface area contributed by atoms with Crippen molar-refractivity contribution in [2.45, 2.75) is 20.4 Å². The van der Waals surface area contributed by atoms with Crippen LogP contribution in [0.25, 0.3) is 6.08 Å². The summed E-state index contributed by atoms with van der Waals surface area (Å²) in [5.41, 5.74) is 2.27. The molecule has 0 saturated heterocycles. The monoisotopic (exact) mass is 300 g/mol. The van der Waals surface area contributed by atoms with E-state index in [2.05, 4.69) is 5.10 Å². The van der Waals surface area contributed by atoms with E-state index in [9.17, 15) is 4.79 Å². The maximum Gasteiger partial charge on any atom is 0.189 e. The van der Waals surface area contributed by atoms with E-state index < -0.39 is 0 Å². The minimum atomic E-state index is -0.0814. The highest BCUT2D eigenvalue weighted by molar-refractivity contribution is 6.07. The number of aromatic nitrogens is 2. The van der Waals surface area contributed by atoms with Crippen LogP contribution >= 0.6 is 0 Å². The van der Waals surface area contributed by atoms with Gasteiger partial charge in [0.1, 0.15) is 11.5 Å². The molecule has 22 heavy (non-hydrogen) atoms. The normalized spacial score (nSPS) is 10.9. The number of methoxy groups -OCH3 is 2. The smallest absolute Gasteiger partial charge is 0.189 e. The molecule has 0 N–H and O–H groups in total. The Labute approximate surface area is 130 Å². The molecule has 0 fully saturated rings. The van der Waals surface area contributed by atoms with Gasteiger partial charge in [-0.1, -0.05) is 0 Å². The molecule has 116 valence electrons. The van der Waals surface area contributed by atoms with E-state index in [0.29, 0.717) is 17.1 Å². The molecule has 1 aromatic carbocycles. The van der Waals surface area contributed by atoms with Crippen molar-refractivity contribution in [3.8, 4) is 11.5 Å². The van der Waals surface area contributed by atoms with Gasteiger partial charge in [0.25, 0.3) is 0 Å². The van der Waals surface area contributed by atoms with Crippen LogP contribution < -0.4 is 9.47 Å². The maximum atomic E-state index is 12.3. The Morgan fingerprint density at radius 3 is 2.68 bits per heavy atom. The average molecular weight is 300 g/mol. The number of carbonyl (C=O) groups is 1. The summed E-state index contributed by atoms with van der Waals surface area (Å²) in [5.74, 6) is 1.32. The number of hydrogen-bond donors (Lipinski definition) is 0. The summed E-state index contributed by atoms with van der Waals surface area (Å²) in [5, 5.41) is 4.19. The second kappa shape index (κ2) is 6.93. The zero-order valence-corrected chi connectivity index (χ0v) is 13.3. The molecule has 0 aliphatic carbocycles. The summed E-state index contributed by atoms with van der Waals surface area (Å²) in [7, 11) is 3.19. The first-order valence-electron chi connectivity index (χ1n) is 7.07. The van der Waals surface area contributed by atoms with Crippen LogP contribution in [0.1, 0.15) is 28.5 Å². The molecule has 0 unspecified atom stereocenters. The van der Waals surface area contributed by atoms with E-state index >= 15 is 0 Å². The third-order valence-electron chi connectivity index (χ3n) is 3.52. The minimum Gasteiger partial charge on any atom is -0.497 e. The van der Waals surface area contributed by atoms with Gasteiger partial charge in [0.05, 0.1) is 26.0 Å². The fourth-order valence-electron chi connectivity index (χ4n) is 2.23. The van der Waals surface area contributed by atoms with Crippen LogP contribution in [0.4, 0.5) is 0 Å². The van der Waals surface area contributed by atoms with Crippen LogP contribution in [-0.2, 0) is 6.54 Å². The van der Waals surface area contributed by atoms with E-state index in [1.165, 1.54) is 6.08 Å². The number of carbonyl (C=O) groups excluding carboxylic acids is 1. The third-order valence-corrected chi connectivity index (χ3v) is 3.52. The van der Waals surface area contributed by atoms with Crippen molar-refractivity contribution >= 4 is 11.9 Å². The molecule has 0 atom stereocenters. The zero-order chi connectivity index (χ0) is 16.1. The highest BCUT2D eigenvalue weighted by Gasteiger charge is 2.11. The molecule has 5 heteroatoms. The first-order valence-corrected chi connectivity index (χ1v) is 7.07. The highest BCUT2D eigenvalue weighted by atomic mass is 16.5. The number of aryl methyl sites for hydroxylation is 1. The van der Waals surface area contributed by atoms with Gasteiger partial charge >= 0.3 is 0 Å². The quantitative estimate of drug-likeness (QED) is 0.607. The molecule has 0 bridgehead atoms. The van der Waals surface area contributed by atoms with Gasteiger partial charge in [0, 0.05) is 17.8 Å². The van der Waals surface area contributed by atoms with Gasteiger partial charge in [-0.2, -0.15) is 5.10 Å². The Kier molecular flexibility index (Phi) is 4.99. The average Bonchev–Trinajstić information content (AvgIpc) is 2.93. The fourth-order valence-corrected chi connectivity index (χ4v) is 2.23. The lowest BCUT2D eigenvalue weighted by Crippen LogP contribution is -2.01. The molecule has 0 amide bonds. The molecule has 0 saturated carbocycles. The van der Waals surface area contributed by atoms with Gasteiger partial charge in [0.2, 0.25) is 0 Å². The summed E-state index contributed by atoms with van der Waals surface area (Å²) in [6.07, 6.45) is 4.86. The predicted molar refractivity (Wildman–Crippen MR) is 85.5 cm³/mol. The number of ether oxygens (including phenoxy) is 2. The maximum absolute atomic E-state index is 12.3. The van der Waals surface area contributed by atoms with Gasteiger partial charge in [-0.25, -0.2) is 0 Å². The molecule has 0 spiro atoms. The molecule has 5 nitrogen and oxygen atoms in total. The van der Waals surface area contributed by atoms with Crippen LogP contribution in [0.5, 0.6) is 11.5 Å². The van der Waals surface area contributed by atoms with Crippen LogP contribution in [0.3, 0.4) is 0 Å². The second-order valence-electron chi connectivity index (χ2n) is 4.76. The predicted octanol–water partition coefficient (Wildman–Crippen LogP) is 3.12. The highest BCUT2D eigenvalue weighted by Crippen LogP contribution is 2.25. The first-order chi connectivity index (χ1) is 10.6. The van der Waals surface area contributed by atoms with Gasteiger partial charge in [-0.15, -0.1) is 0 Å². The summed E-state index contributed by atoms with van der Waals surface area (Å²) in [4.78, 5) is 12.3. The van der Waals surface area contributed by atoms with Crippen LogP contribution in [0.2, 0.25) is 0 Å². The van der Waals surface area contributed by atoms with E-state index in [4.69, 9.17) is 9.47 Å². The lowest BCUT2D eigenvalue weighted by Gasteiger charge is -2.07. The first kappa shape index (κ1) is 15.8. The Morgan fingerprint density at radius 1 is 1.32 bits per heavy atom. The van der Waals surface area contributed by atoms with E-state index in [0.717, 1.165) is 17.8 Å². The largest absolute Gasteiger partial charge is 0.497 e. The molecule has 2 rings (SSSR count). The Bertz CT molecular complexity index is 702. The number of allylic oxidation sites excluding steroid dienone is 1. The fraction of sp³-hybridized carbons (Fsp3) is 0.294. The Balaban J connectivity index is 2.27. The molecular weight excluding hydrogens is 280 g/mol. The summed E-state index contributed by atoms with van der Waals surface area (Å²) < 4.78 is 12.3. The van der Waals surface area contributed by atoms with Crippen molar-refractivity contribution in [2.75, 3.05) is 14.2 Å². The van der Waals surface area contributed by atoms with E-state index in [1.807, 2.05) is 32.0 Å². The van der Waals surface area contributed by atoms with Crippen molar-refractivity contribution in [3.05, 3.63) is 47.3 Å². The van der Waals surface area contributed by atoms with E-state index in [-0.39, 0.29) is 5.78 Å². The molecule has 1 heterocycles. The topological polar surface area (TPSA) is 53.4 Å². The second-order valence-corrected chi connectivity index (χ2v) is 4.76. The molecular formula is C17H20N2O3. The number of ketones is 1. The number of rotatable bonds is 6. The van der Waals surface area contributed by atoms with Crippen molar-refractivity contribution in [1.82, 2.24) is 9.78 Å². The lowest BCUT2D eigenvalue weighted by molar-refractivity contribution is 0.104. The lowest BCUT2D eigenvalue weighted by atomic mass is 10.1. The summed E-state index contributed by atoms with van der Waals surface area (Å²) >= 11 is 0. The van der Waals surface area contributed by atoms with E-state index in [1.54, 1.807) is 31.2 Å². The summed E-state index contributed by atoms with van der Waals surface area (Å²) in [6, 6.07) is 5.45. The van der Waals surface area contributed by atoms with Crippen molar-refractivity contribution < 1.29 is 14.3 Å². The number of nitrogens with zero attached hydrogens (tertiary/aromatic N) is 2. The molecule has 0 aliphatic rings. The van der Waals surface area contributed by atoms with Gasteiger partial charge in [0.15, 0.2) is 5.78 Å². The number of benzene rings is 1. The third kappa shape index (κ3) is 3.19. The van der Waals surface area contributed by atoms with Gasteiger partial charge in [-0.3, -0.25) is 9.48 Å². The van der Waals surface area contributed by atoms with Crippen molar-refractivity contribution in [2.24, 2.45) is 0 Å². The van der Waals surface area contributed by atoms with Gasteiger partial charge < -0.3 is 9.47 Å². The Morgan fingerprint density at radius 2 is 2.09 bits per heavy atom. The molecule has 0 aliphatic heterocycles. The number of hydrogen-bond acceptors (Lipinski definition) is 4.